The van der Waals surface area contributed by atoms with E-state index in [9.17, 15) is 10.1 Å². The van der Waals surface area contributed by atoms with Crippen LogP contribution in [0.1, 0.15) is 30.0 Å². The quantitative estimate of drug-likeness (QED) is 0.688. The van der Waals surface area contributed by atoms with Crippen LogP contribution < -0.4 is 10.3 Å². The highest BCUT2D eigenvalue weighted by atomic mass is 16.6. The second kappa shape index (κ2) is 5.28. The molecule has 2 N–H and O–H groups in total. The molecule has 0 unspecified atom stereocenters. The molecule has 1 aromatic heterocycles. The maximum atomic E-state index is 10.6. The number of nitro groups is 1. The van der Waals surface area contributed by atoms with E-state index in [1.165, 1.54) is 23.4 Å². The Hall–Kier alpha value is -2.43. The van der Waals surface area contributed by atoms with Crippen LogP contribution in [0.4, 0.5) is 11.5 Å². The number of anilines is 1. The summed E-state index contributed by atoms with van der Waals surface area (Å²) in [6.07, 6.45) is 4.76. The normalized spacial score (nSPS) is 17.3. The molecular formula is C15H16N3O2+. The number of pyridine rings is 1. The standard InChI is InChI=1S/C15H15N3O2/c19-18(20)12-8-9-15(16-10-12)17-14-7-3-5-11-4-1-2-6-13(11)14/h1-2,4,6,8-10,14H,3,5,7H2,(H,16,17)/p+1/t14-/m1/s1. The van der Waals surface area contributed by atoms with Gasteiger partial charge >= 0.3 is 5.69 Å². The SMILES string of the molecule is O=[N+]([O-])c1ccc(N[C@@H]2CCCc3ccccc32)[nH+]c1. The first-order valence-electron chi connectivity index (χ1n) is 6.74. The molecule has 0 radical (unpaired) electrons. The Labute approximate surface area is 116 Å². The van der Waals surface area contributed by atoms with Gasteiger partial charge in [-0.2, -0.15) is 0 Å². The first-order valence-corrected chi connectivity index (χ1v) is 6.74. The van der Waals surface area contributed by atoms with Crippen molar-refractivity contribution >= 4 is 11.5 Å². The zero-order chi connectivity index (χ0) is 13.9. The highest BCUT2D eigenvalue weighted by molar-refractivity contribution is 5.41. The van der Waals surface area contributed by atoms with Crippen LogP contribution >= 0.6 is 0 Å². The van der Waals surface area contributed by atoms with Gasteiger partial charge in [-0.15, -0.1) is 0 Å². The monoisotopic (exact) mass is 270 g/mol. The second-order valence-electron chi connectivity index (χ2n) is 5.01. The van der Waals surface area contributed by atoms with Crippen molar-refractivity contribution in [3.63, 3.8) is 0 Å². The van der Waals surface area contributed by atoms with Crippen molar-refractivity contribution in [1.29, 1.82) is 0 Å². The summed E-state index contributed by atoms with van der Waals surface area (Å²) >= 11 is 0. The lowest BCUT2D eigenvalue weighted by atomic mass is 9.88. The average molecular weight is 270 g/mol. The number of aryl methyl sites for hydroxylation is 1. The van der Waals surface area contributed by atoms with Crippen LogP contribution in [-0.2, 0) is 6.42 Å². The molecular weight excluding hydrogens is 254 g/mol. The molecule has 2 aromatic rings. The lowest BCUT2D eigenvalue weighted by Gasteiger charge is -2.22. The molecule has 1 aliphatic carbocycles. The lowest BCUT2D eigenvalue weighted by Crippen LogP contribution is -2.21. The van der Waals surface area contributed by atoms with Crippen LogP contribution in [0.5, 0.6) is 0 Å². The topological polar surface area (TPSA) is 69.3 Å². The van der Waals surface area contributed by atoms with Gasteiger partial charge in [0, 0.05) is 12.1 Å². The molecule has 0 bridgehead atoms. The average Bonchev–Trinajstić information content (AvgIpc) is 2.48. The Bertz CT molecular complexity index is 625. The summed E-state index contributed by atoms with van der Waals surface area (Å²) in [7, 11) is 0. The molecule has 0 saturated carbocycles. The van der Waals surface area contributed by atoms with Crippen LogP contribution in [0.3, 0.4) is 0 Å². The minimum atomic E-state index is -0.407. The molecule has 0 saturated heterocycles. The molecule has 3 rings (SSSR count). The van der Waals surface area contributed by atoms with E-state index in [-0.39, 0.29) is 11.7 Å². The summed E-state index contributed by atoms with van der Waals surface area (Å²) < 4.78 is 0. The molecule has 1 heterocycles. The van der Waals surface area contributed by atoms with Crippen LogP contribution in [0, 0.1) is 10.1 Å². The molecule has 1 aromatic carbocycles. The summed E-state index contributed by atoms with van der Waals surface area (Å²) in [5.74, 6) is 0.803. The zero-order valence-corrected chi connectivity index (χ0v) is 11.0. The molecule has 0 aliphatic heterocycles. The van der Waals surface area contributed by atoms with Crippen LogP contribution in [-0.4, -0.2) is 4.92 Å². The van der Waals surface area contributed by atoms with Crippen molar-refractivity contribution < 1.29 is 9.91 Å². The van der Waals surface area contributed by atoms with Gasteiger partial charge in [0.1, 0.15) is 6.04 Å². The van der Waals surface area contributed by atoms with Gasteiger partial charge in [0.2, 0.25) is 0 Å². The summed E-state index contributed by atoms with van der Waals surface area (Å²) in [5.41, 5.74) is 2.78. The highest BCUT2D eigenvalue weighted by Gasteiger charge is 2.23. The fourth-order valence-corrected chi connectivity index (χ4v) is 2.71. The summed E-state index contributed by atoms with van der Waals surface area (Å²) in [6.45, 7) is 0. The van der Waals surface area contributed by atoms with Gasteiger partial charge in [0.15, 0.2) is 6.20 Å². The summed E-state index contributed by atoms with van der Waals surface area (Å²) in [5, 5.41) is 14.1. The molecule has 20 heavy (non-hydrogen) atoms. The molecule has 0 amide bonds. The fourth-order valence-electron chi connectivity index (χ4n) is 2.71. The number of hydrogen-bond acceptors (Lipinski definition) is 3. The van der Waals surface area contributed by atoms with Crippen molar-refractivity contribution in [1.82, 2.24) is 0 Å². The van der Waals surface area contributed by atoms with Crippen molar-refractivity contribution in [2.45, 2.75) is 25.3 Å². The number of nitrogens with zero attached hydrogens (tertiary/aromatic N) is 1. The molecule has 1 atom stereocenters. The van der Waals surface area contributed by atoms with E-state index in [0.29, 0.717) is 0 Å². The predicted octanol–water partition coefficient (Wildman–Crippen LogP) is 2.90. The predicted molar refractivity (Wildman–Crippen MR) is 75.4 cm³/mol. The first-order chi connectivity index (χ1) is 9.74. The van der Waals surface area contributed by atoms with E-state index in [2.05, 4.69) is 34.6 Å². The van der Waals surface area contributed by atoms with Crippen LogP contribution in [0.2, 0.25) is 0 Å². The Balaban J connectivity index is 1.80. The van der Waals surface area contributed by atoms with Gasteiger partial charge < -0.3 is 0 Å². The van der Waals surface area contributed by atoms with Crippen LogP contribution in [0.15, 0.2) is 42.6 Å². The molecule has 0 spiro atoms. The Morgan fingerprint density at radius 3 is 2.85 bits per heavy atom. The number of nitrogens with one attached hydrogen (secondary N) is 2. The van der Waals surface area contributed by atoms with E-state index in [0.717, 1.165) is 25.1 Å². The van der Waals surface area contributed by atoms with E-state index >= 15 is 0 Å². The number of aromatic amines is 1. The minimum absolute atomic E-state index is 0.0691. The molecule has 5 nitrogen and oxygen atoms in total. The molecule has 0 fully saturated rings. The Morgan fingerprint density at radius 2 is 2.10 bits per heavy atom. The van der Waals surface area contributed by atoms with Crippen molar-refractivity contribution in [3.8, 4) is 0 Å². The van der Waals surface area contributed by atoms with E-state index < -0.39 is 4.92 Å². The number of H-pyrrole nitrogens is 1. The maximum absolute atomic E-state index is 10.6. The summed E-state index contributed by atoms with van der Waals surface area (Å²) in [6, 6.07) is 11.9. The Kier molecular flexibility index (Phi) is 3.33. The third-order valence-electron chi connectivity index (χ3n) is 3.71. The van der Waals surface area contributed by atoms with Crippen molar-refractivity contribution in [2.75, 3.05) is 5.32 Å². The fraction of sp³-hybridized carbons (Fsp3) is 0.267. The van der Waals surface area contributed by atoms with Gasteiger partial charge in [0.05, 0.1) is 4.92 Å². The number of aromatic nitrogens is 1. The Morgan fingerprint density at radius 1 is 1.25 bits per heavy atom. The number of rotatable bonds is 3. The number of benzene rings is 1. The molecule has 102 valence electrons. The maximum Gasteiger partial charge on any atom is 0.308 e. The van der Waals surface area contributed by atoms with E-state index in [1.54, 1.807) is 6.07 Å². The van der Waals surface area contributed by atoms with Gasteiger partial charge in [-0.05, 0) is 30.4 Å². The molecule has 1 aliphatic rings. The van der Waals surface area contributed by atoms with Crippen molar-refractivity contribution in [2.24, 2.45) is 0 Å². The van der Waals surface area contributed by atoms with Crippen LogP contribution in [0.25, 0.3) is 0 Å². The van der Waals surface area contributed by atoms with Crippen molar-refractivity contribution in [3.05, 3.63) is 63.8 Å². The third kappa shape index (κ3) is 2.47. The first kappa shape index (κ1) is 12.6. The van der Waals surface area contributed by atoms with Gasteiger partial charge in [-0.1, -0.05) is 24.3 Å². The smallest absolute Gasteiger partial charge is 0.268 e. The number of fused-ring (bicyclic) bond motifs is 1. The van der Waals surface area contributed by atoms with E-state index in [4.69, 9.17) is 0 Å². The second-order valence-corrected chi connectivity index (χ2v) is 5.01. The lowest BCUT2D eigenvalue weighted by molar-refractivity contribution is -0.413. The van der Waals surface area contributed by atoms with Gasteiger partial charge in [0.25, 0.3) is 5.82 Å². The highest BCUT2D eigenvalue weighted by Crippen LogP contribution is 2.31. The van der Waals surface area contributed by atoms with E-state index in [1.807, 2.05) is 0 Å². The third-order valence-corrected chi connectivity index (χ3v) is 3.71. The van der Waals surface area contributed by atoms with Gasteiger partial charge in [-0.25, -0.2) is 4.98 Å². The largest absolute Gasteiger partial charge is 0.308 e. The van der Waals surface area contributed by atoms with Gasteiger partial charge in [-0.3, -0.25) is 15.4 Å². The minimum Gasteiger partial charge on any atom is -0.268 e. The number of hydrogen-bond donors (Lipinski definition) is 1. The molecule has 5 heteroatoms. The summed E-state index contributed by atoms with van der Waals surface area (Å²) in [4.78, 5) is 13.2. The zero-order valence-electron chi connectivity index (χ0n) is 11.0.